The molecule has 0 saturated carbocycles. The van der Waals surface area contributed by atoms with Gasteiger partial charge in [0.15, 0.2) is 17.3 Å². The number of rotatable bonds is 8. The summed E-state index contributed by atoms with van der Waals surface area (Å²) in [4.78, 5) is 12.0. The Kier molecular flexibility index (Phi) is 6.42. The van der Waals surface area contributed by atoms with Gasteiger partial charge in [0.05, 0.1) is 34.2 Å². The van der Waals surface area contributed by atoms with Crippen LogP contribution in [0.3, 0.4) is 0 Å². The summed E-state index contributed by atoms with van der Waals surface area (Å²) in [6.45, 7) is 3.74. The molecule has 9 heteroatoms. The van der Waals surface area contributed by atoms with Crippen molar-refractivity contribution in [3.63, 3.8) is 0 Å². The maximum atomic E-state index is 12.0. The van der Waals surface area contributed by atoms with Crippen molar-refractivity contribution in [3.8, 4) is 17.2 Å². The van der Waals surface area contributed by atoms with Gasteiger partial charge >= 0.3 is 5.97 Å². The minimum Gasteiger partial charge on any atom is -0.493 e. The largest absolute Gasteiger partial charge is 0.493 e. The van der Waals surface area contributed by atoms with Gasteiger partial charge in [-0.3, -0.25) is 10.5 Å². The highest BCUT2D eigenvalue weighted by Gasteiger charge is 2.19. The van der Waals surface area contributed by atoms with E-state index in [2.05, 4.69) is 20.7 Å². The Hall–Kier alpha value is -3.23. The van der Waals surface area contributed by atoms with Crippen LogP contribution in [0.2, 0.25) is 0 Å². The molecule has 0 bridgehead atoms. The average molecular weight is 362 g/mol. The molecular weight excluding hydrogens is 340 g/mol. The fourth-order valence-corrected chi connectivity index (χ4v) is 2.31. The highest BCUT2D eigenvalue weighted by Crippen LogP contribution is 2.37. The van der Waals surface area contributed by atoms with Gasteiger partial charge in [0.2, 0.25) is 5.75 Å². The van der Waals surface area contributed by atoms with Crippen LogP contribution in [0.15, 0.2) is 17.2 Å². The Morgan fingerprint density at radius 1 is 1.23 bits per heavy atom. The number of H-pyrrole nitrogens is 1. The van der Waals surface area contributed by atoms with Crippen LogP contribution in [0.1, 0.15) is 28.5 Å². The molecule has 0 aliphatic carbocycles. The molecule has 0 amide bonds. The van der Waals surface area contributed by atoms with Gasteiger partial charge in [0, 0.05) is 11.3 Å². The minimum absolute atomic E-state index is 0.275. The molecule has 26 heavy (non-hydrogen) atoms. The van der Waals surface area contributed by atoms with Gasteiger partial charge in [-0.05, 0) is 26.0 Å². The van der Waals surface area contributed by atoms with E-state index in [0.717, 1.165) is 0 Å². The van der Waals surface area contributed by atoms with Gasteiger partial charge < -0.3 is 18.9 Å². The summed E-state index contributed by atoms with van der Waals surface area (Å²) in [5.74, 6) is 1.33. The number of aromatic nitrogens is 2. The lowest BCUT2D eigenvalue weighted by Gasteiger charge is -2.12. The first-order chi connectivity index (χ1) is 12.5. The van der Waals surface area contributed by atoms with E-state index >= 15 is 0 Å². The molecule has 0 saturated heterocycles. The molecule has 0 unspecified atom stereocenters. The van der Waals surface area contributed by atoms with Crippen LogP contribution in [-0.2, 0) is 4.74 Å². The molecule has 1 aromatic heterocycles. The molecule has 0 spiro atoms. The molecule has 1 heterocycles. The Morgan fingerprint density at radius 3 is 2.42 bits per heavy atom. The number of benzene rings is 1. The van der Waals surface area contributed by atoms with Crippen LogP contribution >= 0.6 is 0 Å². The summed E-state index contributed by atoms with van der Waals surface area (Å²) in [6, 6.07) is 3.49. The van der Waals surface area contributed by atoms with Crippen molar-refractivity contribution in [2.24, 2.45) is 5.10 Å². The van der Waals surface area contributed by atoms with Gasteiger partial charge in [-0.2, -0.15) is 10.2 Å². The van der Waals surface area contributed by atoms with Crippen molar-refractivity contribution in [3.05, 3.63) is 29.0 Å². The summed E-state index contributed by atoms with van der Waals surface area (Å²) in [7, 11) is 4.61. The monoisotopic (exact) mass is 362 g/mol. The van der Waals surface area contributed by atoms with Crippen LogP contribution < -0.4 is 19.6 Å². The number of aromatic amines is 1. The summed E-state index contributed by atoms with van der Waals surface area (Å²) < 4.78 is 20.9. The molecule has 0 atom stereocenters. The zero-order valence-corrected chi connectivity index (χ0v) is 15.4. The fourth-order valence-electron chi connectivity index (χ4n) is 2.31. The highest BCUT2D eigenvalue weighted by atomic mass is 16.5. The number of aryl methyl sites for hydroxylation is 1. The first-order valence-electron chi connectivity index (χ1n) is 7.86. The number of nitrogens with zero attached hydrogens (tertiary/aromatic N) is 2. The lowest BCUT2D eigenvalue weighted by Crippen LogP contribution is -2.08. The Bertz CT molecular complexity index is 775. The van der Waals surface area contributed by atoms with Crippen molar-refractivity contribution in [1.29, 1.82) is 0 Å². The van der Waals surface area contributed by atoms with Gasteiger partial charge in [-0.1, -0.05) is 0 Å². The maximum absolute atomic E-state index is 12.0. The molecule has 1 aromatic carbocycles. The molecule has 2 aromatic rings. The summed E-state index contributed by atoms with van der Waals surface area (Å²) >= 11 is 0. The molecular formula is C17H22N4O5. The number of methoxy groups -OCH3 is 3. The number of hydrogen-bond donors (Lipinski definition) is 2. The van der Waals surface area contributed by atoms with Crippen molar-refractivity contribution in [1.82, 2.24) is 10.2 Å². The molecule has 0 aliphatic heterocycles. The smallest absolute Gasteiger partial charge is 0.343 e. The Labute approximate surface area is 151 Å². The Morgan fingerprint density at radius 2 is 1.88 bits per heavy atom. The molecule has 0 radical (unpaired) electrons. The fraction of sp³-hybridized carbons (Fsp3) is 0.353. The van der Waals surface area contributed by atoms with Crippen molar-refractivity contribution in [2.75, 3.05) is 33.4 Å². The van der Waals surface area contributed by atoms with E-state index in [-0.39, 0.29) is 12.4 Å². The molecule has 0 fully saturated rings. The standard InChI is InChI=1S/C17H22N4O5/c1-6-26-17(22)14-10(2)19-21-16(14)20-18-9-11-7-12(23-3)15(25-5)13(8-11)24-4/h7-9H,6H2,1-5H3,(H2,19,20,21). The second-order valence-electron chi connectivity index (χ2n) is 5.12. The topological polar surface area (TPSA) is 107 Å². The van der Waals surface area contributed by atoms with Crippen molar-refractivity contribution >= 4 is 18.0 Å². The number of hydrogen-bond acceptors (Lipinski definition) is 8. The molecule has 0 aliphatic rings. The van der Waals surface area contributed by atoms with Crippen LogP contribution in [0.5, 0.6) is 17.2 Å². The van der Waals surface area contributed by atoms with E-state index in [1.165, 1.54) is 21.3 Å². The normalized spacial score (nSPS) is 10.7. The predicted molar refractivity (Wildman–Crippen MR) is 96.6 cm³/mol. The average Bonchev–Trinajstić information content (AvgIpc) is 3.01. The molecule has 9 nitrogen and oxygen atoms in total. The number of anilines is 1. The second kappa shape index (κ2) is 8.75. The maximum Gasteiger partial charge on any atom is 0.343 e. The van der Waals surface area contributed by atoms with E-state index in [0.29, 0.717) is 34.1 Å². The van der Waals surface area contributed by atoms with E-state index in [1.54, 1.807) is 32.2 Å². The summed E-state index contributed by atoms with van der Waals surface area (Å²) in [6.07, 6.45) is 1.55. The van der Waals surface area contributed by atoms with Crippen LogP contribution in [-0.4, -0.2) is 50.3 Å². The first-order valence-corrected chi connectivity index (χ1v) is 7.86. The van der Waals surface area contributed by atoms with Gasteiger partial charge in [-0.25, -0.2) is 4.79 Å². The van der Waals surface area contributed by atoms with Crippen molar-refractivity contribution < 1.29 is 23.7 Å². The van der Waals surface area contributed by atoms with E-state index < -0.39 is 5.97 Å². The number of nitrogens with one attached hydrogen (secondary N) is 2. The number of carbonyl (C=O) groups excluding carboxylic acids is 1. The molecule has 2 rings (SSSR count). The van der Waals surface area contributed by atoms with Crippen molar-refractivity contribution in [2.45, 2.75) is 13.8 Å². The van der Waals surface area contributed by atoms with Crippen LogP contribution in [0.25, 0.3) is 0 Å². The zero-order valence-electron chi connectivity index (χ0n) is 15.4. The van der Waals surface area contributed by atoms with Crippen LogP contribution in [0, 0.1) is 6.92 Å². The van der Waals surface area contributed by atoms with E-state index in [4.69, 9.17) is 18.9 Å². The highest BCUT2D eigenvalue weighted by molar-refractivity contribution is 5.96. The summed E-state index contributed by atoms with van der Waals surface area (Å²) in [5.41, 5.74) is 4.35. The predicted octanol–water partition coefficient (Wildman–Crippen LogP) is 2.37. The first kappa shape index (κ1) is 19.1. The SMILES string of the molecule is CCOC(=O)c1c(NN=Cc2cc(OC)c(OC)c(OC)c2)n[nH]c1C. The quantitative estimate of drug-likeness (QED) is 0.422. The summed E-state index contributed by atoms with van der Waals surface area (Å²) in [5, 5.41) is 10.9. The number of carbonyl (C=O) groups is 1. The van der Waals surface area contributed by atoms with Gasteiger partial charge in [0.25, 0.3) is 0 Å². The molecule has 140 valence electrons. The third-order valence-electron chi connectivity index (χ3n) is 3.50. The van der Waals surface area contributed by atoms with Crippen LogP contribution in [0.4, 0.5) is 5.82 Å². The van der Waals surface area contributed by atoms with E-state index in [1.807, 2.05) is 0 Å². The zero-order chi connectivity index (χ0) is 19.1. The van der Waals surface area contributed by atoms with E-state index in [9.17, 15) is 4.79 Å². The third kappa shape index (κ3) is 4.05. The minimum atomic E-state index is -0.468. The van der Waals surface area contributed by atoms with Gasteiger partial charge in [0.1, 0.15) is 5.56 Å². The third-order valence-corrected chi connectivity index (χ3v) is 3.50. The Balaban J connectivity index is 2.23. The van der Waals surface area contributed by atoms with Gasteiger partial charge in [-0.15, -0.1) is 0 Å². The number of hydrazone groups is 1. The lowest BCUT2D eigenvalue weighted by atomic mass is 10.2. The molecule has 2 N–H and O–H groups in total. The number of esters is 1. The number of ether oxygens (including phenoxy) is 4. The lowest BCUT2D eigenvalue weighted by molar-refractivity contribution is 0.0526. The second-order valence-corrected chi connectivity index (χ2v) is 5.12.